The van der Waals surface area contributed by atoms with E-state index in [1.165, 1.54) is 12.8 Å². The molecule has 4 nitrogen and oxygen atoms in total. The van der Waals surface area contributed by atoms with Crippen molar-refractivity contribution in [1.29, 1.82) is 0 Å². The summed E-state index contributed by atoms with van der Waals surface area (Å²) in [6, 6.07) is 6.45. The molecule has 0 amide bonds. The van der Waals surface area contributed by atoms with Gasteiger partial charge in [0, 0.05) is 16.6 Å². The van der Waals surface area contributed by atoms with E-state index in [0.29, 0.717) is 12.6 Å². The van der Waals surface area contributed by atoms with Crippen LogP contribution in [-0.2, 0) is 6.54 Å². The van der Waals surface area contributed by atoms with Gasteiger partial charge in [-0.25, -0.2) is 0 Å². The van der Waals surface area contributed by atoms with Crippen LogP contribution in [0.5, 0.6) is 0 Å². The van der Waals surface area contributed by atoms with Crippen molar-refractivity contribution in [2.45, 2.75) is 32.4 Å². The molecule has 1 heterocycles. The van der Waals surface area contributed by atoms with Crippen molar-refractivity contribution in [2.24, 2.45) is 5.73 Å². The molecule has 94 valence electrons. The number of aromatic nitrogens is 3. The SMILES string of the molecule is Cc1cc(-c2nnc(CN)n2C2CC2)ccc1Cl. The molecule has 2 N–H and O–H groups in total. The van der Waals surface area contributed by atoms with E-state index in [1.54, 1.807) is 0 Å². The van der Waals surface area contributed by atoms with Crippen molar-refractivity contribution in [1.82, 2.24) is 14.8 Å². The first kappa shape index (κ1) is 11.7. The van der Waals surface area contributed by atoms with Crippen molar-refractivity contribution in [3.63, 3.8) is 0 Å². The summed E-state index contributed by atoms with van der Waals surface area (Å²) >= 11 is 6.05. The maximum atomic E-state index is 6.05. The lowest BCUT2D eigenvalue weighted by molar-refractivity contribution is 0.688. The monoisotopic (exact) mass is 262 g/mol. The molecule has 1 aromatic heterocycles. The number of nitrogens with two attached hydrogens (primary N) is 1. The zero-order valence-electron chi connectivity index (χ0n) is 10.2. The average molecular weight is 263 g/mol. The molecule has 2 aromatic rings. The molecule has 5 heteroatoms. The van der Waals surface area contributed by atoms with Crippen LogP contribution in [0.4, 0.5) is 0 Å². The van der Waals surface area contributed by atoms with Crippen molar-refractivity contribution >= 4 is 11.6 Å². The second kappa shape index (κ2) is 4.37. The fraction of sp³-hybridized carbons (Fsp3) is 0.385. The first-order valence-corrected chi connectivity index (χ1v) is 6.49. The quantitative estimate of drug-likeness (QED) is 0.925. The molecule has 1 aromatic carbocycles. The van der Waals surface area contributed by atoms with Crippen molar-refractivity contribution in [3.05, 3.63) is 34.6 Å². The number of aryl methyl sites for hydroxylation is 1. The number of nitrogens with zero attached hydrogens (tertiary/aromatic N) is 3. The van der Waals surface area contributed by atoms with E-state index in [4.69, 9.17) is 17.3 Å². The van der Waals surface area contributed by atoms with Crippen molar-refractivity contribution < 1.29 is 0 Å². The summed E-state index contributed by atoms with van der Waals surface area (Å²) in [5.74, 6) is 1.76. The smallest absolute Gasteiger partial charge is 0.164 e. The molecular formula is C13H15ClN4. The summed E-state index contributed by atoms with van der Waals surface area (Å²) in [5, 5.41) is 9.23. The second-order valence-corrected chi connectivity index (χ2v) is 5.12. The van der Waals surface area contributed by atoms with Gasteiger partial charge < -0.3 is 10.3 Å². The molecule has 1 aliphatic rings. The highest BCUT2D eigenvalue weighted by Gasteiger charge is 2.29. The number of hydrogen-bond donors (Lipinski definition) is 1. The molecule has 0 atom stereocenters. The summed E-state index contributed by atoms with van der Waals surface area (Å²) in [7, 11) is 0. The van der Waals surface area contributed by atoms with Gasteiger partial charge in [0.1, 0.15) is 5.82 Å². The van der Waals surface area contributed by atoms with E-state index in [9.17, 15) is 0 Å². The number of halogens is 1. The van der Waals surface area contributed by atoms with E-state index in [0.717, 1.165) is 27.8 Å². The Morgan fingerprint density at radius 2 is 2.17 bits per heavy atom. The van der Waals surface area contributed by atoms with Gasteiger partial charge >= 0.3 is 0 Å². The molecule has 0 saturated heterocycles. The molecule has 3 rings (SSSR count). The van der Waals surface area contributed by atoms with Gasteiger partial charge in [0.15, 0.2) is 5.82 Å². The topological polar surface area (TPSA) is 56.7 Å². The third-order valence-electron chi connectivity index (χ3n) is 3.28. The van der Waals surface area contributed by atoms with Crippen LogP contribution in [-0.4, -0.2) is 14.8 Å². The molecule has 0 spiro atoms. The van der Waals surface area contributed by atoms with Crippen molar-refractivity contribution in [3.8, 4) is 11.4 Å². The van der Waals surface area contributed by atoms with Crippen molar-refractivity contribution in [2.75, 3.05) is 0 Å². The first-order chi connectivity index (χ1) is 8.70. The maximum Gasteiger partial charge on any atom is 0.164 e. The van der Waals surface area contributed by atoms with Crippen LogP contribution in [0.3, 0.4) is 0 Å². The predicted octanol–water partition coefficient (Wildman–Crippen LogP) is 2.70. The summed E-state index contributed by atoms with van der Waals surface area (Å²) in [6.07, 6.45) is 2.37. The number of rotatable bonds is 3. The zero-order valence-corrected chi connectivity index (χ0v) is 11.0. The molecular weight excluding hydrogens is 248 g/mol. The number of hydrogen-bond acceptors (Lipinski definition) is 3. The third kappa shape index (κ3) is 1.91. The van der Waals surface area contributed by atoms with Crippen LogP contribution in [0.15, 0.2) is 18.2 Å². The minimum atomic E-state index is 0.427. The predicted molar refractivity (Wildman–Crippen MR) is 71.4 cm³/mol. The van der Waals surface area contributed by atoms with Crippen LogP contribution in [0.1, 0.15) is 30.3 Å². The summed E-state index contributed by atoms with van der Waals surface area (Å²) in [6.45, 7) is 2.42. The lowest BCUT2D eigenvalue weighted by Gasteiger charge is -2.08. The van der Waals surface area contributed by atoms with Crippen LogP contribution < -0.4 is 5.73 Å². The fourth-order valence-electron chi connectivity index (χ4n) is 2.16. The van der Waals surface area contributed by atoms with Crippen LogP contribution >= 0.6 is 11.6 Å². The minimum Gasteiger partial charge on any atom is -0.324 e. The van der Waals surface area contributed by atoms with E-state index < -0.39 is 0 Å². The van der Waals surface area contributed by atoms with Gasteiger partial charge in [0.25, 0.3) is 0 Å². The Balaban J connectivity index is 2.10. The Morgan fingerprint density at radius 1 is 1.39 bits per heavy atom. The first-order valence-electron chi connectivity index (χ1n) is 6.11. The van der Waals surface area contributed by atoms with Gasteiger partial charge in [-0.1, -0.05) is 11.6 Å². The minimum absolute atomic E-state index is 0.427. The third-order valence-corrected chi connectivity index (χ3v) is 3.70. The molecule has 1 saturated carbocycles. The largest absolute Gasteiger partial charge is 0.324 e. The highest BCUT2D eigenvalue weighted by Crippen LogP contribution is 2.39. The average Bonchev–Trinajstić information content (AvgIpc) is 3.12. The van der Waals surface area contributed by atoms with E-state index in [-0.39, 0.29) is 0 Å². The summed E-state index contributed by atoms with van der Waals surface area (Å²) in [5.41, 5.74) is 7.82. The summed E-state index contributed by atoms with van der Waals surface area (Å²) in [4.78, 5) is 0. The molecule has 1 fully saturated rings. The molecule has 0 bridgehead atoms. The Labute approximate surface area is 111 Å². The lowest BCUT2D eigenvalue weighted by atomic mass is 10.1. The van der Waals surface area contributed by atoms with Gasteiger partial charge in [-0.15, -0.1) is 10.2 Å². The molecule has 0 radical (unpaired) electrons. The summed E-state index contributed by atoms with van der Waals surface area (Å²) < 4.78 is 2.17. The van der Waals surface area contributed by atoms with E-state index in [1.807, 2.05) is 25.1 Å². The normalized spacial score (nSPS) is 15.1. The fourth-order valence-corrected chi connectivity index (χ4v) is 2.28. The van der Waals surface area contributed by atoms with Gasteiger partial charge in [-0.05, 0) is 43.5 Å². The van der Waals surface area contributed by atoms with Gasteiger partial charge in [-0.2, -0.15) is 0 Å². The highest BCUT2D eigenvalue weighted by atomic mass is 35.5. The maximum absolute atomic E-state index is 6.05. The lowest BCUT2D eigenvalue weighted by Crippen LogP contribution is -2.08. The Hall–Kier alpha value is -1.39. The Morgan fingerprint density at radius 3 is 2.78 bits per heavy atom. The standard InChI is InChI=1S/C13H15ClN4/c1-8-6-9(2-5-11(8)14)13-17-16-12(7-15)18(13)10-3-4-10/h2,5-6,10H,3-4,7,15H2,1H3. The van der Waals surface area contributed by atoms with Gasteiger partial charge in [-0.3, -0.25) is 0 Å². The van der Waals surface area contributed by atoms with E-state index >= 15 is 0 Å². The Kier molecular flexibility index (Phi) is 2.84. The number of benzene rings is 1. The molecule has 1 aliphatic carbocycles. The van der Waals surface area contributed by atoms with Crippen LogP contribution in [0, 0.1) is 6.92 Å². The molecule has 0 aliphatic heterocycles. The second-order valence-electron chi connectivity index (χ2n) is 4.71. The van der Waals surface area contributed by atoms with Gasteiger partial charge in [0.05, 0.1) is 6.54 Å². The van der Waals surface area contributed by atoms with Crippen LogP contribution in [0.25, 0.3) is 11.4 Å². The Bertz CT molecular complexity index is 587. The van der Waals surface area contributed by atoms with Gasteiger partial charge in [0.2, 0.25) is 0 Å². The van der Waals surface area contributed by atoms with E-state index in [2.05, 4.69) is 14.8 Å². The highest BCUT2D eigenvalue weighted by molar-refractivity contribution is 6.31. The molecule has 18 heavy (non-hydrogen) atoms. The van der Waals surface area contributed by atoms with Crippen LogP contribution in [0.2, 0.25) is 5.02 Å². The molecule has 0 unspecified atom stereocenters. The zero-order chi connectivity index (χ0) is 12.7.